The molecule has 1 fully saturated rings. The average molecular weight is 431 g/mol. The Hall–Kier alpha value is -1.91. The zero-order valence-electron chi connectivity index (χ0n) is 16.1. The number of halogens is 3. The van der Waals surface area contributed by atoms with Gasteiger partial charge in [0.15, 0.2) is 0 Å². The minimum absolute atomic E-state index is 0.445. The van der Waals surface area contributed by atoms with Gasteiger partial charge in [0.2, 0.25) is 0 Å². The van der Waals surface area contributed by atoms with Crippen LogP contribution in [0.5, 0.6) is 0 Å². The molecule has 0 spiro atoms. The largest absolute Gasteiger partial charge is 0.490 e. The number of alkyl halides is 3. The lowest BCUT2D eigenvalue weighted by molar-refractivity contribution is -0.192. The Morgan fingerprint density at radius 3 is 2.69 bits per heavy atom. The summed E-state index contributed by atoms with van der Waals surface area (Å²) in [7, 11) is 1.80. The molecule has 3 heterocycles. The lowest BCUT2D eigenvalue weighted by Crippen LogP contribution is -2.34. The molecule has 6 nitrogen and oxygen atoms in total. The molecule has 2 aromatic heterocycles. The van der Waals surface area contributed by atoms with E-state index in [1.165, 1.54) is 29.7 Å². The van der Waals surface area contributed by atoms with Gasteiger partial charge >= 0.3 is 12.1 Å². The summed E-state index contributed by atoms with van der Waals surface area (Å²) in [5.41, 5.74) is 4.07. The summed E-state index contributed by atoms with van der Waals surface area (Å²) >= 11 is 1.77. The molecular weight excluding hydrogens is 407 g/mol. The van der Waals surface area contributed by atoms with Crippen molar-refractivity contribution >= 4 is 17.3 Å². The number of nitrogens with zero attached hydrogens (tertiary/aromatic N) is 3. The molecule has 0 saturated heterocycles. The average Bonchev–Trinajstić information content (AvgIpc) is 3.13. The number of methoxy groups -OCH3 is 1. The maximum atomic E-state index is 10.6. The summed E-state index contributed by atoms with van der Waals surface area (Å²) in [4.78, 5) is 11.4. The molecule has 1 unspecified atom stereocenters. The van der Waals surface area contributed by atoms with Crippen LogP contribution in [0.1, 0.15) is 35.6 Å². The van der Waals surface area contributed by atoms with E-state index in [0.717, 1.165) is 38.7 Å². The van der Waals surface area contributed by atoms with E-state index in [4.69, 9.17) is 19.7 Å². The molecule has 1 saturated carbocycles. The van der Waals surface area contributed by atoms with Crippen molar-refractivity contribution in [3.05, 3.63) is 39.8 Å². The van der Waals surface area contributed by atoms with Crippen LogP contribution in [0.2, 0.25) is 0 Å². The first-order valence-electron chi connectivity index (χ1n) is 9.35. The van der Waals surface area contributed by atoms with E-state index < -0.39 is 12.1 Å². The van der Waals surface area contributed by atoms with Crippen LogP contribution in [0.4, 0.5) is 13.2 Å². The zero-order valence-corrected chi connectivity index (χ0v) is 16.9. The van der Waals surface area contributed by atoms with Crippen molar-refractivity contribution in [1.29, 1.82) is 0 Å². The molecule has 2 aliphatic rings. The summed E-state index contributed by atoms with van der Waals surface area (Å²) in [5, 5.41) is 16.4. The highest BCUT2D eigenvalue weighted by Crippen LogP contribution is 2.33. The van der Waals surface area contributed by atoms with Crippen molar-refractivity contribution in [2.24, 2.45) is 5.92 Å². The van der Waals surface area contributed by atoms with Gasteiger partial charge in [-0.15, -0.1) is 0 Å². The Labute approximate surface area is 170 Å². The molecule has 0 radical (unpaired) electrons. The summed E-state index contributed by atoms with van der Waals surface area (Å²) in [5.74, 6) is -1.45. The van der Waals surface area contributed by atoms with E-state index >= 15 is 0 Å². The van der Waals surface area contributed by atoms with E-state index in [0.29, 0.717) is 5.92 Å². The molecule has 29 heavy (non-hydrogen) atoms. The number of aliphatic carboxylic acids is 1. The van der Waals surface area contributed by atoms with E-state index in [9.17, 15) is 13.2 Å². The van der Waals surface area contributed by atoms with E-state index in [2.05, 4.69) is 32.6 Å². The third-order valence-corrected chi connectivity index (χ3v) is 5.63. The van der Waals surface area contributed by atoms with Gasteiger partial charge in [-0.2, -0.15) is 29.6 Å². The van der Waals surface area contributed by atoms with Gasteiger partial charge in [-0.05, 0) is 41.1 Å². The number of aromatic nitrogens is 2. The lowest BCUT2D eigenvalue weighted by atomic mass is 9.95. The smallest absolute Gasteiger partial charge is 0.475 e. The monoisotopic (exact) mass is 431 g/mol. The van der Waals surface area contributed by atoms with Crippen molar-refractivity contribution in [3.63, 3.8) is 0 Å². The van der Waals surface area contributed by atoms with Gasteiger partial charge in [0.25, 0.3) is 0 Å². The van der Waals surface area contributed by atoms with Gasteiger partial charge in [0, 0.05) is 51.0 Å². The fraction of sp³-hybridized carbons (Fsp3) is 0.579. The quantitative estimate of drug-likeness (QED) is 0.755. The number of thiophene rings is 1. The fourth-order valence-corrected chi connectivity index (χ4v) is 4.05. The summed E-state index contributed by atoms with van der Waals surface area (Å²) in [6, 6.07) is 2.22. The summed E-state index contributed by atoms with van der Waals surface area (Å²) in [6.07, 6.45) is -0.0636. The highest BCUT2D eigenvalue weighted by atomic mass is 32.1. The first kappa shape index (κ1) is 21.8. The third kappa shape index (κ3) is 6.28. The van der Waals surface area contributed by atoms with Gasteiger partial charge in [-0.3, -0.25) is 9.58 Å². The van der Waals surface area contributed by atoms with Crippen molar-refractivity contribution in [2.45, 2.75) is 44.6 Å². The Morgan fingerprint density at radius 2 is 2.14 bits per heavy atom. The molecule has 1 atom stereocenters. The maximum Gasteiger partial charge on any atom is 0.490 e. The van der Waals surface area contributed by atoms with Crippen molar-refractivity contribution < 1.29 is 27.8 Å². The number of hydrogen-bond donors (Lipinski definition) is 1. The molecule has 4 rings (SSSR count). The van der Waals surface area contributed by atoms with Gasteiger partial charge in [-0.25, -0.2) is 4.79 Å². The first-order valence-corrected chi connectivity index (χ1v) is 10.3. The van der Waals surface area contributed by atoms with E-state index in [1.54, 1.807) is 18.4 Å². The van der Waals surface area contributed by atoms with Crippen LogP contribution < -0.4 is 0 Å². The number of carboxylic acids is 1. The Bertz CT molecular complexity index is 803. The summed E-state index contributed by atoms with van der Waals surface area (Å²) in [6.45, 7) is 4.91. The Kier molecular flexibility index (Phi) is 6.97. The number of hydrogen-bond acceptors (Lipinski definition) is 5. The number of fused-ring (bicyclic) bond motifs is 1. The van der Waals surface area contributed by atoms with Crippen LogP contribution in [-0.2, 0) is 29.2 Å². The van der Waals surface area contributed by atoms with Crippen LogP contribution >= 0.6 is 11.3 Å². The molecule has 0 aromatic carbocycles. The van der Waals surface area contributed by atoms with Crippen LogP contribution in [-0.4, -0.2) is 52.2 Å². The number of ether oxygens (including phenoxy) is 1. The molecule has 0 amide bonds. The van der Waals surface area contributed by atoms with Gasteiger partial charge in [0.1, 0.15) is 0 Å². The molecule has 2 aromatic rings. The predicted octanol–water partition coefficient (Wildman–Crippen LogP) is 3.73. The van der Waals surface area contributed by atoms with Gasteiger partial charge in [-0.1, -0.05) is 0 Å². The topological polar surface area (TPSA) is 67.6 Å². The van der Waals surface area contributed by atoms with Crippen molar-refractivity contribution in [2.75, 3.05) is 20.3 Å². The maximum absolute atomic E-state index is 10.6. The van der Waals surface area contributed by atoms with Crippen molar-refractivity contribution in [1.82, 2.24) is 14.7 Å². The molecule has 160 valence electrons. The highest BCUT2D eigenvalue weighted by molar-refractivity contribution is 7.07. The van der Waals surface area contributed by atoms with Crippen LogP contribution in [0.15, 0.2) is 23.0 Å². The van der Waals surface area contributed by atoms with Crippen LogP contribution in [0.3, 0.4) is 0 Å². The van der Waals surface area contributed by atoms with E-state index in [1.807, 2.05) is 0 Å². The second-order valence-corrected chi connectivity index (χ2v) is 8.23. The second-order valence-electron chi connectivity index (χ2n) is 7.45. The SMILES string of the molecule is COCC1CN(Cc2ccsc2)Cc2nn(CC3CC3)cc21.O=C(O)C(F)(F)F. The fourth-order valence-electron chi connectivity index (χ4n) is 3.39. The predicted molar refractivity (Wildman–Crippen MR) is 102 cm³/mol. The van der Waals surface area contributed by atoms with Crippen molar-refractivity contribution in [3.8, 4) is 0 Å². The van der Waals surface area contributed by atoms with Crippen LogP contribution in [0.25, 0.3) is 0 Å². The Morgan fingerprint density at radius 1 is 1.41 bits per heavy atom. The minimum atomic E-state index is -5.08. The molecule has 0 bridgehead atoms. The van der Waals surface area contributed by atoms with Gasteiger partial charge < -0.3 is 9.84 Å². The highest BCUT2D eigenvalue weighted by Gasteiger charge is 2.38. The summed E-state index contributed by atoms with van der Waals surface area (Å²) < 4.78 is 39.4. The second kappa shape index (κ2) is 9.27. The first-order chi connectivity index (χ1) is 13.8. The molecule has 1 aliphatic heterocycles. The molecule has 1 N–H and O–H groups in total. The number of rotatable bonds is 6. The number of carboxylic acid groups (broad SMARTS) is 1. The third-order valence-electron chi connectivity index (χ3n) is 4.90. The molecular formula is C19H24F3N3O3S. The molecule has 10 heteroatoms. The van der Waals surface area contributed by atoms with E-state index in [-0.39, 0.29) is 0 Å². The standard InChI is InChI=1S/C17H23N3OS.C2HF3O2/c1-21-11-15-8-19(6-14-4-5-22-12-14)10-17-16(15)9-20(18-17)7-13-2-3-13;3-2(4,5)1(6)7/h4-5,9,12-13,15H,2-3,6-8,10-11H2,1H3;(H,6,7). The molecule has 1 aliphatic carbocycles. The minimum Gasteiger partial charge on any atom is -0.475 e. The zero-order chi connectivity index (χ0) is 21.0. The number of carbonyl (C=O) groups is 1. The normalized spacial score (nSPS) is 19.4. The lowest BCUT2D eigenvalue weighted by Gasteiger charge is -2.31. The van der Waals surface area contributed by atoms with Gasteiger partial charge in [0.05, 0.1) is 12.3 Å². The van der Waals surface area contributed by atoms with Crippen LogP contribution in [0, 0.1) is 5.92 Å². The Balaban J connectivity index is 0.000000298.